The molecule has 0 spiro atoms. The van der Waals surface area contributed by atoms with Crippen LogP contribution in [0.5, 0.6) is 0 Å². The van der Waals surface area contributed by atoms with Crippen molar-refractivity contribution in [1.82, 2.24) is 10.5 Å². The molecule has 0 aromatic carbocycles. The fourth-order valence-corrected chi connectivity index (χ4v) is 2.47. The van der Waals surface area contributed by atoms with Crippen molar-refractivity contribution in [3.8, 4) is 0 Å². The number of carbonyl (C=O) groups excluding carboxylic acids is 2. The summed E-state index contributed by atoms with van der Waals surface area (Å²) in [5, 5.41) is 9.12. The molecule has 1 aromatic heterocycles. The summed E-state index contributed by atoms with van der Waals surface area (Å²) in [5.41, 5.74) is 0.553. The van der Waals surface area contributed by atoms with Crippen molar-refractivity contribution in [2.24, 2.45) is 0 Å². The Bertz CT molecular complexity index is 506. The fourth-order valence-electron chi connectivity index (χ4n) is 2.47. The molecule has 1 aliphatic carbocycles. The first-order chi connectivity index (χ1) is 10.1. The Morgan fingerprint density at radius 1 is 1.33 bits per heavy atom. The van der Waals surface area contributed by atoms with Crippen LogP contribution in [0.3, 0.4) is 0 Å². The molecule has 7 heteroatoms. The quantitative estimate of drug-likeness (QED) is 0.833. The molecule has 2 amide bonds. The fraction of sp³-hybridized carbons (Fsp3) is 0.643. The third-order valence-corrected chi connectivity index (χ3v) is 3.51. The number of anilines is 1. The van der Waals surface area contributed by atoms with Crippen LogP contribution in [0.2, 0.25) is 0 Å². The van der Waals surface area contributed by atoms with E-state index >= 15 is 0 Å². The van der Waals surface area contributed by atoms with Crippen LogP contribution in [-0.2, 0) is 4.74 Å². The number of amides is 2. The van der Waals surface area contributed by atoms with E-state index in [9.17, 15) is 9.59 Å². The zero-order valence-electron chi connectivity index (χ0n) is 12.4. The molecule has 0 radical (unpaired) electrons. The SMILES string of the molecule is CCOC(=O)c1c(C)noc1NC(=O)NC1CCCCC1. The molecule has 1 heterocycles. The molecule has 0 bridgehead atoms. The molecule has 0 saturated heterocycles. The van der Waals surface area contributed by atoms with Crippen LogP contribution in [0.1, 0.15) is 55.1 Å². The van der Waals surface area contributed by atoms with Crippen molar-refractivity contribution in [2.75, 3.05) is 11.9 Å². The summed E-state index contributed by atoms with van der Waals surface area (Å²) in [5.74, 6) is -0.525. The zero-order valence-corrected chi connectivity index (χ0v) is 12.4. The van der Waals surface area contributed by atoms with Gasteiger partial charge in [0.25, 0.3) is 0 Å². The van der Waals surface area contributed by atoms with Crippen molar-refractivity contribution in [3.63, 3.8) is 0 Å². The zero-order chi connectivity index (χ0) is 15.2. The van der Waals surface area contributed by atoms with Crippen LogP contribution in [-0.4, -0.2) is 29.8 Å². The summed E-state index contributed by atoms with van der Waals surface area (Å²) >= 11 is 0. The molecule has 7 nitrogen and oxygen atoms in total. The molecule has 1 aliphatic rings. The summed E-state index contributed by atoms with van der Waals surface area (Å²) in [6.07, 6.45) is 5.43. The lowest BCUT2D eigenvalue weighted by Gasteiger charge is -2.22. The third kappa shape index (κ3) is 3.96. The van der Waals surface area contributed by atoms with Gasteiger partial charge >= 0.3 is 12.0 Å². The first-order valence-corrected chi connectivity index (χ1v) is 7.32. The van der Waals surface area contributed by atoms with Gasteiger partial charge in [-0.2, -0.15) is 0 Å². The maximum atomic E-state index is 12.0. The van der Waals surface area contributed by atoms with Crippen LogP contribution in [0.15, 0.2) is 4.52 Å². The second-order valence-corrected chi connectivity index (χ2v) is 5.13. The van der Waals surface area contributed by atoms with Gasteiger partial charge in [-0.25, -0.2) is 9.59 Å². The van der Waals surface area contributed by atoms with Crippen LogP contribution < -0.4 is 10.6 Å². The highest BCUT2D eigenvalue weighted by atomic mass is 16.5. The van der Waals surface area contributed by atoms with Gasteiger partial charge in [0, 0.05) is 6.04 Å². The van der Waals surface area contributed by atoms with Crippen molar-refractivity contribution in [2.45, 2.75) is 52.0 Å². The summed E-state index contributed by atoms with van der Waals surface area (Å²) in [4.78, 5) is 23.8. The number of hydrogen-bond acceptors (Lipinski definition) is 5. The number of rotatable bonds is 4. The normalized spacial score (nSPS) is 15.5. The highest BCUT2D eigenvalue weighted by Crippen LogP contribution is 2.21. The minimum Gasteiger partial charge on any atom is -0.462 e. The first kappa shape index (κ1) is 15.3. The van der Waals surface area contributed by atoms with Crippen molar-refractivity contribution >= 4 is 17.9 Å². The molecule has 2 rings (SSSR count). The third-order valence-electron chi connectivity index (χ3n) is 3.51. The summed E-state index contributed by atoms with van der Waals surface area (Å²) in [7, 11) is 0. The Morgan fingerprint density at radius 3 is 2.71 bits per heavy atom. The van der Waals surface area contributed by atoms with Gasteiger partial charge in [-0.15, -0.1) is 0 Å². The van der Waals surface area contributed by atoms with Crippen molar-refractivity contribution < 1.29 is 18.8 Å². The van der Waals surface area contributed by atoms with E-state index in [0.29, 0.717) is 5.69 Å². The van der Waals surface area contributed by atoms with Gasteiger partial charge in [-0.1, -0.05) is 24.4 Å². The number of ether oxygens (including phenoxy) is 1. The molecule has 0 atom stereocenters. The van der Waals surface area contributed by atoms with Gasteiger partial charge in [0.15, 0.2) is 0 Å². The van der Waals surface area contributed by atoms with E-state index in [1.165, 1.54) is 6.42 Å². The van der Waals surface area contributed by atoms with E-state index in [-0.39, 0.29) is 30.1 Å². The van der Waals surface area contributed by atoms with Crippen LogP contribution in [0.4, 0.5) is 10.7 Å². The number of esters is 1. The minimum atomic E-state index is -0.552. The average Bonchev–Trinajstić information content (AvgIpc) is 2.81. The number of aromatic nitrogens is 1. The van der Waals surface area contributed by atoms with Crippen LogP contribution in [0, 0.1) is 6.92 Å². The van der Waals surface area contributed by atoms with Gasteiger partial charge in [0.2, 0.25) is 5.88 Å². The van der Waals surface area contributed by atoms with Gasteiger partial charge in [-0.3, -0.25) is 5.32 Å². The van der Waals surface area contributed by atoms with Crippen LogP contribution in [0.25, 0.3) is 0 Å². The van der Waals surface area contributed by atoms with Crippen molar-refractivity contribution in [3.05, 3.63) is 11.3 Å². The van der Waals surface area contributed by atoms with E-state index in [1.807, 2.05) is 0 Å². The minimum absolute atomic E-state index is 0.0271. The average molecular weight is 295 g/mol. The Kier molecular flexibility index (Phi) is 5.19. The number of hydrogen-bond donors (Lipinski definition) is 2. The largest absolute Gasteiger partial charge is 0.462 e. The number of nitrogens with one attached hydrogen (secondary N) is 2. The Balaban J connectivity index is 1.98. The summed E-state index contributed by atoms with van der Waals surface area (Å²) in [6, 6.07) is -0.211. The predicted molar refractivity (Wildman–Crippen MR) is 76.2 cm³/mol. The van der Waals surface area contributed by atoms with E-state index < -0.39 is 5.97 Å². The molecule has 1 fully saturated rings. The lowest BCUT2D eigenvalue weighted by Crippen LogP contribution is -2.39. The lowest BCUT2D eigenvalue weighted by molar-refractivity contribution is 0.0526. The van der Waals surface area contributed by atoms with Crippen LogP contribution >= 0.6 is 0 Å². The number of carbonyl (C=O) groups is 2. The molecule has 116 valence electrons. The summed E-state index contributed by atoms with van der Waals surface area (Å²) in [6.45, 7) is 3.58. The molecule has 0 aliphatic heterocycles. The number of aryl methyl sites for hydroxylation is 1. The van der Waals surface area contributed by atoms with E-state index in [1.54, 1.807) is 13.8 Å². The van der Waals surface area contributed by atoms with Gasteiger partial charge < -0.3 is 14.6 Å². The maximum absolute atomic E-state index is 12.0. The lowest BCUT2D eigenvalue weighted by atomic mass is 9.96. The molecule has 1 aromatic rings. The van der Waals surface area contributed by atoms with Gasteiger partial charge in [0.1, 0.15) is 5.56 Å². The second kappa shape index (κ2) is 7.10. The highest BCUT2D eigenvalue weighted by molar-refractivity contribution is 5.99. The number of nitrogens with zero attached hydrogens (tertiary/aromatic N) is 1. The monoisotopic (exact) mass is 295 g/mol. The first-order valence-electron chi connectivity index (χ1n) is 7.32. The predicted octanol–water partition coefficient (Wildman–Crippen LogP) is 2.61. The van der Waals surface area contributed by atoms with Gasteiger partial charge in [0.05, 0.1) is 12.3 Å². The smallest absolute Gasteiger partial charge is 0.345 e. The maximum Gasteiger partial charge on any atom is 0.345 e. The van der Waals surface area contributed by atoms with Crippen molar-refractivity contribution in [1.29, 1.82) is 0 Å². The second-order valence-electron chi connectivity index (χ2n) is 5.13. The Hall–Kier alpha value is -2.05. The Labute approximate surface area is 123 Å². The topological polar surface area (TPSA) is 93.5 Å². The van der Waals surface area contributed by atoms with E-state index in [2.05, 4.69) is 15.8 Å². The Morgan fingerprint density at radius 2 is 2.05 bits per heavy atom. The summed E-state index contributed by atoms with van der Waals surface area (Å²) < 4.78 is 9.93. The van der Waals surface area contributed by atoms with E-state index in [4.69, 9.17) is 9.26 Å². The molecular weight excluding hydrogens is 274 g/mol. The molecule has 0 unspecified atom stereocenters. The van der Waals surface area contributed by atoms with E-state index in [0.717, 1.165) is 25.7 Å². The highest BCUT2D eigenvalue weighted by Gasteiger charge is 2.24. The number of urea groups is 1. The molecule has 21 heavy (non-hydrogen) atoms. The standard InChI is InChI=1S/C14H21N3O4/c1-3-20-13(18)11-9(2)17-21-12(11)16-14(19)15-10-7-5-4-6-8-10/h10H,3-8H2,1-2H3,(H2,15,16,19). The molecule has 1 saturated carbocycles. The van der Waals surface area contributed by atoms with Gasteiger partial charge in [-0.05, 0) is 26.7 Å². The molecule has 2 N–H and O–H groups in total. The molecular formula is C14H21N3O4.